The number of allylic oxidation sites excluding steroid dienone is 1. The molecule has 64 valence electrons. The maximum atomic E-state index is 9.98. The van der Waals surface area contributed by atoms with E-state index in [4.69, 9.17) is 9.84 Å². The first-order chi connectivity index (χ1) is 5.27. The number of hydrogen-bond donors (Lipinski definition) is 1. The normalized spacial score (nSPS) is 10.6. The summed E-state index contributed by atoms with van der Waals surface area (Å²) in [5.74, 6) is -0.825. The maximum absolute atomic E-state index is 9.98. The standard InChI is InChI=1S/C7H11BrO3/c8-4-1-2-5-11-6-3-7(9)10/h1-2H,3-6H2,(H,9,10)/b2-1+. The maximum Gasteiger partial charge on any atom is 0.305 e. The van der Waals surface area contributed by atoms with E-state index >= 15 is 0 Å². The van der Waals surface area contributed by atoms with Crippen molar-refractivity contribution in [1.29, 1.82) is 0 Å². The van der Waals surface area contributed by atoms with Crippen LogP contribution in [0.15, 0.2) is 12.2 Å². The molecule has 0 radical (unpaired) electrons. The summed E-state index contributed by atoms with van der Waals surface area (Å²) in [7, 11) is 0. The number of carboxylic acids is 1. The molecule has 0 aromatic rings. The van der Waals surface area contributed by atoms with Gasteiger partial charge in [0.15, 0.2) is 0 Å². The number of aliphatic carboxylic acids is 1. The first-order valence-electron chi connectivity index (χ1n) is 3.28. The summed E-state index contributed by atoms with van der Waals surface area (Å²) >= 11 is 3.21. The van der Waals surface area contributed by atoms with Crippen LogP contribution in [0.25, 0.3) is 0 Å². The molecule has 0 saturated carbocycles. The molecule has 0 atom stereocenters. The van der Waals surface area contributed by atoms with Crippen LogP contribution in [-0.2, 0) is 9.53 Å². The van der Waals surface area contributed by atoms with Crippen molar-refractivity contribution in [3.8, 4) is 0 Å². The first-order valence-corrected chi connectivity index (χ1v) is 4.40. The molecule has 1 N–H and O–H groups in total. The van der Waals surface area contributed by atoms with Gasteiger partial charge in [0.2, 0.25) is 0 Å². The van der Waals surface area contributed by atoms with Crippen LogP contribution in [-0.4, -0.2) is 29.6 Å². The number of halogens is 1. The van der Waals surface area contributed by atoms with Gasteiger partial charge < -0.3 is 9.84 Å². The Labute approximate surface area is 74.2 Å². The third-order valence-electron chi connectivity index (χ3n) is 0.930. The van der Waals surface area contributed by atoms with Crippen molar-refractivity contribution in [2.75, 3.05) is 18.5 Å². The van der Waals surface area contributed by atoms with E-state index in [1.165, 1.54) is 0 Å². The first kappa shape index (κ1) is 10.7. The zero-order valence-electron chi connectivity index (χ0n) is 6.12. The quantitative estimate of drug-likeness (QED) is 0.421. The molecule has 0 aliphatic carbocycles. The van der Waals surface area contributed by atoms with E-state index in [0.717, 1.165) is 5.33 Å². The summed E-state index contributed by atoms with van der Waals surface area (Å²) in [6, 6.07) is 0. The highest BCUT2D eigenvalue weighted by Crippen LogP contribution is 1.85. The van der Waals surface area contributed by atoms with Crippen molar-refractivity contribution in [2.24, 2.45) is 0 Å². The molecule has 0 aromatic heterocycles. The third kappa shape index (κ3) is 9.65. The number of carboxylic acid groups (broad SMARTS) is 1. The molecule has 4 heteroatoms. The predicted octanol–water partition coefficient (Wildman–Crippen LogP) is 1.43. The molecule has 0 saturated heterocycles. The lowest BCUT2D eigenvalue weighted by atomic mass is 10.5. The van der Waals surface area contributed by atoms with Crippen LogP contribution < -0.4 is 0 Å². The number of ether oxygens (including phenoxy) is 1. The third-order valence-corrected chi connectivity index (χ3v) is 1.30. The molecule has 0 spiro atoms. The molecule has 0 amide bonds. The summed E-state index contributed by atoms with van der Waals surface area (Å²) in [5.41, 5.74) is 0. The zero-order chi connectivity index (χ0) is 8.53. The van der Waals surface area contributed by atoms with E-state index in [2.05, 4.69) is 15.9 Å². The highest BCUT2D eigenvalue weighted by atomic mass is 79.9. The highest BCUT2D eigenvalue weighted by molar-refractivity contribution is 9.09. The van der Waals surface area contributed by atoms with Crippen LogP contribution in [0, 0.1) is 0 Å². The molecular formula is C7H11BrO3. The van der Waals surface area contributed by atoms with Gasteiger partial charge in [0, 0.05) is 5.33 Å². The molecule has 0 bridgehead atoms. The van der Waals surface area contributed by atoms with E-state index < -0.39 is 5.97 Å². The Kier molecular flexibility index (Phi) is 7.51. The topological polar surface area (TPSA) is 46.5 Å². The number of carbonyl (C=O) groups is 1. The molecule has 0 rings (SSSR count). The minimum absolute atomic E-state index is 0.0716. The van der Waals surface area contributed by atoms with Crippen molar-refractivity contribution < 1.29 is 14.6 Å². The monoisotopic (exact) mass is 222 g/mol. The lowest BCUT2D eigenvalue weighted by Crippen LogP contribution is -2.02. The molecule has 0 aromatic carbocycles. The molecule has 11 heavy (non-hydrogen) atoms. The minimum atomic E-state index is -0.825. The lowest BCUT2D eigenvalue weighted by molar-refractivity contribution is -0.138. The van der Waals surface area contributed by atoms with Crippen LogP contribution in [0.1, 0.15) is 6.42 Å². The van der Waals surface area contributed by atoms with Gasteiger partial charge >= 0.3 is 5.97 Å². The van der Waals surface area contributed by atoms with Crippen molar-refractivity contribution in [2.45, 2.75) is 6.42 Å². The molecule has 0 aliphatic heterocycles. The second-order valence-electron chi connectivity index (χ2n) is 1.84. The van der Waals surface area contributed by atoms with Gasteiger partial charge in [-0.1, -0.05) is 28.1 Å². The Hall–Kier alpha value is -0.350. The summed E-state index contributed by atoms with van der Waals surface area (Å²) in [5, 5.41) is 9.01. The number of alkyl halides is 1. The smallest absolute Gasteiger partial charge is 0.305 e. The molecule has 0 fully saturated rings. The van der Waals surface area contributed by atoms with Crippen LogP contribution >= 0.6 is 15.9 Å². The van der Waals surface area contributed by atoms with Crippen LogP contribution in [0.5, 0.6) is 0 Å². The summed E-state index contributed by atoms with van der Waals surface area (Å²) in [4.78, 5) is 9.98. The van der Waals surface area contributed by atoms with E-state index in [0.29, 0.717) is 6.61 Å². The second kappa shape index (κ2) is 7.75. The summed E-state index contributed by atoms with van der Waals surface area (Å²) in [6.07, 6.45) is 3.82. The van der Waals surface area contributed by atoms with Gasteiger partial charge in [0.05, 0.1) is 19.6 Å². The van der Waals surface area contributed by atoms with Gasteiger partial charge in [-0.2, -0.15) is 0 Å². The summed E-state index contributed by atoms with van der Waals surface area (Å²) in [6.45, 7) is 0.765. The van der Waals surface area contributed by atoms with Crippen molar-refractivity contribution in [3.63, 3.8) is 0 Å². The van der Waals surface area contributed by atoms with E-state index in [-0.39, 0.29) is 13.0 Å². The fourth-order valence-corrected chi connectivity index (χ4v) is 0.706. The lowest BCUT2D eigenvalue weighted by Gasteiger charge is -1.95. The van der Waals surface area contributed by atoms with Gasteiger partial charge in [-0.3, -0.25) is 4.79 Å². The van der Waals surface area contributed by atoms with E-state index in [1.54, 1.807) is 0 Å². The van der Waals surface area contributed by atoms with Gasteiger partial charge in [0.1, 0.15) is 0 Å². The van der Waals surface area contributed by atoms with Crippen LogP contribution in [0.4, 0.5) is 0 Å². The Balaban J connectivity index is 3.02. The molecule has 0 heterocycles. The van der Waals surface area contributed by atoms with Gasteiger partial charge in [-0.15, -0.1) is 0 Å². The van der Waals surface area contributed by atoms with Crippen LogP contribution in [0.2, 0.25) is 0 Å². The van der Waals surface area contributed by atoms with Crippen LogP contribution in [0.3, 0.4) is 0 Å². The summed E-state index contributed by atoms with van der Waals surface area (Å²) < 4.78 is 4.96. The second-order valence-corrected chi connectivity index (χ2v) is 2.49. The fourth-order valence-electron chi connectivity index (χ4n) is 0.442. The van der Waals surface area contributed by atoms with Crippen molar-refractivity contribution in [3.05, 3.63) is 12.2 Å². The average molecular weight is 223 g/mol. The van der Waals surface area contributed by atoms with Gasteiger partial charge in [-0.05, 0) is 0 Å². The number of rotatable bonds is 6. The molecule has 3 nitrogen and oxygen atoms in total. The minimum Gasteiger partial charge on any atom is -0.481 e. The molecular weight excluding hydrogens is 212 g/mol. The SMILES string of the molecule is O=C(O)CCOC/C=C/CBr. The van der Waals surface area contributed by atoms with Gasteiger partial charge in [-0.25, -0.2) is 0 Å². The zero-order valence-corrected chi connectivity index (χ0v) is 7.71. The number of hydrogen-bond acceptors (Lipinski definition) is 2. The largest absolute Gasteiger partial charge is 0.481 e. The molecule has 0 unspecified atom stereocenters. The highest BCUT2D eigenvalue weighted by Gasteiger charge is 1.93. The Morgan fingerprint density at radius 1 is 1.55 bits per heavy atom. The van der Waals surface area contributed by atoms with Gasteiger partial charge in [0.25, 0.3) is 0 Å². The fraction of sp³-hybridized carbons (Fsp3) is 0.571. The average Bonchev–Trinajstić information content (AvgIpc) is 1.96. The Morgan fingerprint density at radius 3 is 2.82 bits per heavy atom. The predicted molar refractivity (Wildman–Crippen MR) is 46.0 cm³/mol. The van der Waals surface area contributed by atoms with E-state index in [1.807, 2.05) is 12.2 Å². The van der Waals surface area contributed by atoms with E-state index in [9.17, 15) is 4.79 Å². The molecule has 0 aliphatic rings. The van der Waals surface area contributed by atoms with Crippen molar-refractivity contribution in [1.82, 2.24) is 0 Å². The van der Waals surface area contributed by atoms with Crippen molar-refractivity contribution >= 4 is 21.9 Å². The Morgan fingerprint density at radius 2 is 2.27 bits per heavy atom. The Bertz CT molecular complexity index is 134.